The first kappa shape index (κ1) is 26.4. The summed E-state index contributed by atoms with van der Waals surface area (Å²) < 4.78 is 28.6. The van der Waals surface area contributed by atoms with Gasteiger partial charge in [-0.1, -0.05) is 32.0 Å². The molecule has 0 aliphatic carbocycles. The predicted molar refractivity (Wildman–Crippen MR) is 140 cm³/mol. The average molecular weight is 549 g/mol. The van der Waals surface area contributed by atoms with E-state index in [0.717, 1.165) is 21.4 Å². The van der Waals surface area contributed by atoms with E-state index in [2.05, 4.69) is 15.6 Å². The Balaban J connectivity index is 1.70. The number of aromatic nitrogens is 1. The van der Waals surface area contributed by atoms with Crippen LogP contribution in [-0.4, -0.2) is 60.5 Å². The van der Waals surface area contributed by atoms with Crippen LogP contribution in [-0.2, 0) is 19.6 Å². The van der Waals surface area contributed by atoms with E-state index in [1.54, 1.807) is 6.07 Å². The van der Waals surface area contributed by atoms with Crippen LogP contribution >= 0.6 is 22.7 Å². The molecule has 1 saturated heterocycles. The number of rotatable bonds is 8. The number of ketones is 1. The van der Waals surface area contributed by atoms with Crippen molar-refractivity contribution in [1.29, 1.82) is 0 Å². The number of hydrogen-bond donors (Lipinski definition) is 2. The smallest absolute Gasteiger partial charge is 0.294 e. The van der Waals surface area contributed by atoms with Gasteiger partial charge in [-0.15, -0.1) is 22.7 Å². The normalized spacial score (nSPS) is 17.6. The number of thiazole rings is 1. The lowest BCUT2D eigenvalue weighted by molar-refractivity contribution is -0.135. The summed E-state index contributed by atoms with van der Waals surface area (Å²) in [5.74, 6) is -1.71. The third-order valence-corrected chi connectivity index (χ3v) is 9.95. The number of amides is 2. The van der Waals surface area contributed by atoms with Gasteiger partial charge in [0.15, 0.2) is 5.78 Å². The van der Waals surface area contributed by atoms with Crippen molar-refractivity contribution in [3.63, 3.8) is 0 Å². The maximum Gasteiger partial charge on any atom is 0.294 e. The van der Waals surface area contributed by atoms with Crippen LogP contribution in [0, 0.1) is 5.92 Å². The molecule has 0 saturated carbocycles. The maximum absolute atomic E-state index is 14.0. The fourth-order valence-corrected chi connectivity index (χ4v) is 7.69. The zero-order valence-corrected chi connectivity index (χ0v) is 22.4. The van der Waals surface area contributed by atoms with Crippen molar-refractivity contribution in [3.05, 3.63) is 46.8 Å². The number of carbonyl (C=O) groups is 3. The van der Waals surface area contributed by atoms with Crippen LogP contribution in [0.4, 0.5) is 0 Å². The van der Waals surface area contributed by atoms with Gasteiger partial charge in [-0.2, -0.15) is 8.42 Å². The summed E-state index contributed by atoms with van der Waals surface area (Å²) in [6, 6.07) is 7.00. The molecule has 12 heteroatoms. The highest BCUT2D eigenvalue weighted by atomic mass is 32.2. The third kappa shape index (κ3) is 5.66. The molecule has 1 fully saturated rings. The predicted octanol–water partition coefficient (Wildman–Crippen LogP) is 3.04. The molecule has 9 nitrogen and oxygen atoms in total. The summed E-state index contributed by atoms with van der Waals surface area (Å²) in [4.78, 5) is 44.4. The first-order valence-corrected chi connectivity index (χ1v) is 14.8. The topological polar surface area (TPSA) is 126 Å². The Morgan fingerprint density at radius 2 is 2.06 bits per heavy atom. The van der Waals surface area contributed by atoms with Crippen LogP contribution in [0.5, 0.6) is 0 Å². The van der Waals surface area contributed by atoms with E-state index in [0.29, 0.717) is 22.1 Å². The van der Waals surface area contributed by atoms with Crippen molar-refractivity contribution in [2.75, 3.05) is 13.1 Å². The molecule has 3 aromatic rings. The molecule has 1 aromatic carbocycles. The van der Waals surface area contributed by atoms with E-state index in [9.17, 15) is 22.8 Å². The molecule has 2 N–H and O–H groups in total. The number of Topliss-reactive ketones (excluding diaryl/α,β-unsaturated/α-hetero) is 1. The number of nitrogens with zero attached hydrogens (tertiary/aromatic N) is 2. The molecule has 0 radical (unpaired) electrons. The van der Waals surface area contributed by atoms with E-state index in [4.69, 9.17) is 0 Å². The van der Waals surface area contributed by atoms with Crippen LogP contribution in [0.15, 0.2) is 46.2 Å². The van der Waals surface area contributed by atoms with Gasteiger partial charge in [0.2, 0.25) is 4.34 Å². The van der Waals surface area contributed by atoms with Crippen molar-refractivity contribution in [3.8, 4) is 0 Å². The van der Waals surface area contributed by atoms with Crippen molar-refractivity contribution in [2.24, 2.45) is 5.92 Å². The molecule has 0 spiro atoms. The van der Waals surface area contributed by atoms with Gasteiger partial charge in [0.1, 0.15) is 12.1 Å². The van der Waals surface area contributed by atoms with Crippen molar-refractivity contribution in [2.45, 2.75) is 49.5 Å². The minimum Gasteiger partial charge on any atom is -0.339 e. The van der Waals surface area contributed by atoms with Crippen LogP contribution in [0.25, 0.3) is 10.1 Å². The second-order valence-electron chi connectivity index (χ2n) is 9.04. The molecule has 2 atom stereocenters. The fourth-order valence-electron chi connectivity index (χ4n) is 4.19. The molecular weight excluding hydrogens is 520 g/mol. The Morgan fingerprint density at radius 1 is 1.28 bits per heavy atom. The number of thiophene rings is 1. The molecular formula is C24H28N4O5S3. The lowest BCUT2D eigenvalue weighted by atomic mass is 10.0. The number of carbonyl (C=O) groups excluding carboxylic acids is 3. The summed E-state index contributed by atoms with van der Waals surface area (Å²) >= 11 is 2.17. The van der Waals surface area contributed by atoms with E-state index >= 15 is 0 Å². The number of fused-ring (bicyclic) bond motifs is 1. The van der Waals surface area contributed by atoms with Gasteiger partial charge in [0.05, 0.1) is 11.4 Å². The Kier molecular flexibility index (Phi) is 8.18. The molecule has 36 heavy (non-hydrogen) atoms. The second kappa shape index (κ2) is 11.2. The van der Waals surface area contributed by atoms with E-state index < -0.39 is 33.9 Å². The number of benzene rings is 1. The molecule has 2 aromatic heterocycles. The minimum absolute atomic E-state index is 0.0300. The SMILES string of the molecule is CC(C)C[C@H](NC(=O)c1cc2ccccc2s1)C(=O)N(C1CCCNCC1=O)S(=O)(=O)c1nccs1. The standard InChI is InChI=1S/C24H28N4O5S3/c1-15(2)12-17(27-22(30)21-13-16-6-3-4-8-20(16)35-21)23(31)28(18-7-5-9-25-14-19(18)29)36(32,33)24-26-10-11-34-24/h3-4,6,8,10-11,13,15,17-18,25H,5,7,9,12,14H2,1-2H3,(H,27,30)/t17-,18?/m0/s1. The van der Waals surface area contributed by atoms with E-state index in [1.807, 2.05) is 38.1 Å². The minimum atomic E-state index is -4.41. The van der Waals surface area contributed by atoms with Gasteiger partial charge >= 0.3 is 0 Å². The highest BCUT2D eigenvalue weighted by molar-refractivity contribution is 7.91. The van der Waals surface area contributed by atoms with Gasteiger partial charge in [-0.05, 0) is 49.2 Å². The zero-order chi connectivity index (χ0) is 25.9. The Morgan fingerprint density at radius 3 is 2.75 bits per heavy atom. The summed E-state index contributed by atoms with van der Waals surface area (Å²) in [6.45, 7) is 4.27. The van der Waals surface area contributed by atoms with Crippen LogP contribution < -0.4 is 10.6 Å². The molecule has 1 aliphatic rings. The lowest BCUT2D eigenvalue weighted by Crippen LogP contribution is -2.56. The van der Waals surface area contributed by atoms with E-state index in [1.165, 1.54) is 22.9 Å². The molecule has 2 amide bonds. The number of sulfonamides is 1. The van der Waals surface area contributed by atoms with Crippen LogP contribution in [0.3, 0.4) is 0 Å². The fraction of sp³-hybridized carbons (Fsp3) is 0.417. The Hall–Kier alpha value is -2.67. The van der Waals surface area contributed by atoms with E-state index in [-0.39, 0.29) is 35.4 Å². The maximum atomic E-state index is 14.0. The molecule has 0 bridgehead atoms. The molecule has 1 unspecified atom stereocenters. The Labute approximate surface area is 218 Å². The summed E-state index contributed by atoms with van der Waals surface area (Å²) in [5, 5.41) is 8.14. The second-order valence-corrected chi connectivity index (χ2v) is 13.0. The summed E-state index contributed by atoms with van der Waals surface area (Å²) in [7, 11) is -4.41. The van der Waals surface area contributed by atoms with Gasteiger partial charge < -0.3 is 10.6 Å². The highest BCUT2D eigenvalue weighted by Crippen LogP contribution is 2.28. The first-order chi connectivity index (χ1) is 17.2. The van der Waals surface area contributed by atoms with Gasteiger partial charge in [-0.25, -0.2) is 9.29 Å². The average Bonchev–Trinajstić information content (AvgIpc) is 3.48. The quantitative estimate of drug-likeness (QED) is 0.443. The van der Waals surface area contributed by atoms with Crippen molar-refractivity contribution in [1.82, 2.24) is 19.9 Å². The van der Waals surface area contributed by atoms with Crippen molar-refractivity contribution >= 4 is 60.4 Å². The molecule has 1 aliphatic heterocycles. The lowest BCUT2D eigenvalue weighted by Gasteiger charge is -2.32. The van der Waals surface area contributed by atoms with Crippen LogP contribution in [0.1, 0.15) is 42.8 Å². The molecule has 4 rings (SSSR count). The zero-order valence-electron chi connectivity index (χ0n) is 20.0. The monoisotopic (exact) mass is 548 g/mol. The van der Waals surface area contributed by atoms with Crippen LogP contribution in [0.2, 0.25) is 0 Å². The molecule has 3 heterocycles. The van der Waals surface area contributed by atoms with Gasteiger partial charge in [0, 0.05) is 16.3 Å². The van der Waals surface area contributed by atoms with Crippen molar-refractivity contribution < 1.29 is 22.8 Å². The molecule has 192 valence electrons. The first-order valence-electron chi connectivity index (χ1n) is 11.7. The summed E-state index contributed by atoms with van der Waals surface area (Å²) in [6.07, 6.45) is 2.27. The van der Waals surface area contributed by atoms with Gasteiger partial charge in [-0.3, -0.25) is 14.4 Å². The van der Waals surface area contributed by atoms with Gasteiger partial charge in [0.25, 0.3) is 21.8 Å². The number of nitrogens with one attached hydrogen (secondary N) is 2. The Bertz CT molecular complexity index is 1320. The highest BCUT2D eigenvalue weighted by Gasteiger charge is 2.44. The number of hydrogen-bond acceptors (Lipinski definition) is 9. The largest absolute Gasteiger partial charge is 0.339 e. The summed E-state index contributed by atoms with van der Waals surface area (Å²) in [5.41, 5.74) is 0. The third-order valence-electron chi connectivity index (χ3n) is 5.85.